The van der Waals surface area contributed by atoms with E-state index in [0.717, 1.165) is 24.5 Å². The van der Waals surface area contributed by atoms with Gasteiger partial charge in [0.15, 0.2) is 0 Å². The number of nitrogens with two attached hydrogens (primary N) is 1. The van der Waals surface area contributed by atoms with Crippen molar-refractivity contribution in [2.45, 2.75) is 19.9 Å². The molecule has 1 heterocycles. The van der Waals surface area contributed by atoms with Gasteiger partial charge in [-0.15, -0.1) is 0 Å². The van der Waals surface area contributed by atoms with Gasteiger partial charge in [0.05, 0.1) is 0 Å². The van der Waals surface area contributed by atoms with E-state index in [1.54, 1.807) is 12.3 Å². The Hall–Kier alpha value is -2.03. The number of aromatic nitrogens is 1. The summed E-state index contributed by atoms with van der Waals surface area (Å²) in [4.78, 5) is 4.20. The third-order valence-corrected chi connectivity index (χ3v) is 2.69. The Morgan fingerprint density at radius 3 is 2.47 bits per heavy atom. The predicted octanol–water partition coefficient (Wildman–Crippen LogP) is 2.84. The van der Waals surface area contributed by atoms with Crippen LogP contribution in [-0.2, 0) is 13.0 Å². The molecule has 0 spiro atoms. The predicted molar refractivity (Wildman–Crippen MR) is 71.8 cm³/mol. The molecule has 1 aromatic carbocycles. The zero-order valence-corrected chi connectivity index (χ0v) is 9.98. The zero-order chi connectivity index (χ0) is 12.1. The highest BCUT2D eigenvalue weighted by atomic mass is 15.0. The van der Waals surface area contributed by atoms with Crippen LogP contribution < -0.4 is 11.1 Å². The number of hydrogen-bond acceptors (Lipinski definition) is 3. The van der Waals surface area contributed by atoms with Crippen molar-refractivity contribution >= 4 is 11.5 Å². The molecule has 0 atom stereocenters. The van der Waals surface area contributed by atoms with Crippen molar-refractivity contribution in [2.75, 3.05) is 11.1 Å². The van der Waals surface area contributed by atoms with Gasteiger partial charge >= 0.3 is 0 Å². The first-order valence-electron chi connectivity index (χ1n) is 5.81. The molecule has 2 rings (SSSR count). The lowest BCUT2D eigenvalue weighted by molar-refractivity contribution is 1.09. The Kier molecular flexibility index (Phi) is 3.60. The van der Waals surface area contributed by atoms with Crippen molar-refractivity contribution in [3.05, 3.63) is 53.7 Å². The minimum Gasteiger partial charge on any atom is -0.399 e. The molecule has 3 nitrogen and oxygen atoms in total. The molecule has 0 unspecified atom stereocenters. The first-order valence-corrected chi connectivity index (χ1v) is 5.81. The summed E-state index contributed by atoms with van der Waals surface area (Å²) < 4.78 is 0. The third-order valence-electron chi connectivity index (χ3n) is 2.69. The summed E-state index contributed by atoms with van der Waals surface area (Å²) in [6.07, 6.45) is 2.78. The van der Waals surface area contributed by atoms with Crippen molar-refractivity contribution < 1.29 is 0 Å². The van der Waals surface area contributed by atoms with Crippen molar-refractivity contribution in [3.8, 4) is 0 Å². The molecule has 0 bridgehead atoms. The van der Waals surface area contributed by atoms with E-state index in [9.17, 15) is 0 Å². The van der Waals surface area contributed by atoms with Crippen LogP contribution in [0.2, 0.25) is 0 Å². The van der Waals surface area contributed by atoms with Crippen LogP contribution in [-0.4, -0.2) is 4.98 Å². The monoisotopic (exact) mass is 227 g/mol. The Morgan fingerprint density at radius 1 is 1.12 bits per heavy atom. The second-order valence-corrected chi connectivity index (χ2v) is 4.00. The fraction of sp³-hybridized carbons (Fsp3) is 0.214. The minimum atomic E-state index is 0.726. The van der Waals surface area contributed by atoms with Crippen molar-refractivity contribution in [2.24, 2.45) is 0 Å². The summed E-state index contributed by atoms with van der Waals surface area (Å²) >= 11 is 0. The molecule has 0 aliphatic carbocycles. The maximum absolute atomic E-state index is 5.69. The van der Waals surface area contributed by atoms with Crippen LogP contribution in [0.3, 0.4) is 0 Å². The second-order valence-electron chi connectivity index (χ2n) is 4.00. The van der Waals surface area contributed by atoms with Crippen molar-refractivity contribution in [1.29, 1.82) is 0 Å². The van der Waals surface area contributed by atoms with Crippen LogP contribution in [0.25, 0.3) is 0 Å². The highest BCUT2D eigenvalue weighted by Crippen LogP contribution is 2.10. The lowest BCUT2D eigenvalue weighted by Crippen LogP contribution is -2.01. The van der Waals surface area contributed by atoms with E-state index >= 15 is 0 Å². The lowest BCUT2D eigenvalue weighted by Gasteiger charge is -2.06. The standard InChI is InChI=1S/C14H17N3/c1-2-11-3-5-12(6-4-11)10-17-14-9-13(15)7-8-16-14/h3-9H,2,10H2,1H3,(H3,15,16,17). The van der Waals surface area contributed by atoms with Crippen LogP contribution in [0.1, 0.15) is 18.1 Å². The summed E-state index contributed by atoms with van der Waals surface area (Å²) in [5.74, 6) is 0.810. The molecule has 0 aliphatic rings. The van der Waals surface area contributed by atoms with Gasteiger partial charge in [0.25, 0.3) is 0 Å². The lowest BCUT2D eigenvalue weighted by atomic mass is 10.1. The van der Waals surface area contributed by atoms with Crippen LogP contribution in [0.4, 0.5) is 11.5 Å². The zero-order valence-electron chi connectivity index (χ0n) is 9.98. The summed E-state index contributed by atoms with van der Waals surface area (Å²) in [5, 5.41) is 3.25. The van der Waals surface area contributed by atoms with E-state index in [-0.39, 0.29) is 0 Å². The topological polar surface area (TPSA) is 50.9 Å². The first kappa shape index (κ1) is 11.5. The Bertz CT molecular complexity index is 477. The highest BCUT2D eigenvalue weighted by Gasteiger charge is 1.96. The van der Waals surface area contributed by atoms with Crippen LogP contribution >= 0.6 is 0 Å². The average molecular weight is 227 g/mol. The van der Waals surface area contributed by atoms with Gasteiger partial charge in [-0.25, -0.2) is 4.98 Å². The largest absolute Gasteiger partial charge is 0.399 e. The van der Waals surface area contributed by atoms with Crippen molar-refractivity contribution in [3.63, 3.8) is 0 Å². The number of nitrogens with zero attached hydrogens (tertiary/aromatic N) is 1. The van der Waals surface area contributed by atoms with Gasteiger partial charge in [0, 0.05) is 24.5 Å². The van der Waals surface area contributed by atoms with E-state index in [0.29, 0.717) is 0 Å². The number of hydrogen-bond donors (Lipinski definition) is 2. The molecule has 1 aromatic heterocycles. The van der Waals surface area contributed by atoms with E-state index < -0.39 is 0 Å². The molecule has 88 valence electrons. The molecule has 0 aliphatic heterocycles. The summed E-state index contributed by atoms with van der Waals surface area (Å²) in [7, 11) is 0. The quantitative estimate of drug-likeness (QED) is 0.844. The minimum absolute atomic E-state index is 0.726. The SMILES string of the molecule is CCc1ccc(CNc2cc(N)ccn2)cc1. The molecular weight excluding hydrogens is 210 g/mol. The smallest absolute Gasteiger partial charge is 0.128 e. The average Bonchev–Trinajstić information content (AvgIpc) is 2.37. The number of pyridine rings is 1. The van der Waals surface area contributed by atoms with Gasteiger partial charge in [-0.2, -0.15) is 0 Å². The number of nitrogens with one attached hydrogen (secondary N) is 1. The van der Waals surface area contributed by atoms with Gasteiger partial charge < -0.3 is 11.1 Å². The molecule has 0 amide bonds. The summed E-state index contributed by atoms with van der Waals surface area (Å²) in [6.45, 7) is 2.92. The Labute approximate surface area is 102 Å². The normalized spacial score (nSPS) is 10.2. The van der Waals surface area contributed by atoms with E-state index in [2.05, 4.69) is 41.5 Å². The maximum Gasteiger partial charge on any atom is 0.128 e. The number of rotatable bonds is 4. The summed E-state index contributed by atoms with van der Waals surface area (Å²) in [6, 6.07) is 12.2. The second kappa shape index (κ2) is 5.34. The molecule has 0 radical (unpaired) electrons. The Morgan fingerprint density at radius 2 is 1.82 bits per heavy atom. The highest BCUT2D eigenvalue weighted by molar-refractivity contribution is 5.48. The molecule has 2 aromatic rings. The van der Waals surface area contributed by atoms with Crippen LogP contribution in [0, 0.1) is 0 Å². The fourth-order valence-electron chi connectivity index (χ4n) is 1.63. The number of benzene rings is 1. The maximum atomic E-state index is 5.69. The number of anilines is 2. The fourth-order valence-corrected chi connectivity index (χ4v) is 1.63. The first-order chi connectivity index (χ1) is 8.28. The molecule has 0 fully saturated rings. The van der Waals surface area contributed by atoms with Crippen LogP contribution in [0.5, 0.6) is 0 Å². The van der Waals surface area contributed by atoms with Crippen molar-refractivity contribution in [1.82, 2.24) is 4.98 Å². The summed E-state index contributed by atoms with van der Waals surface area (Å²) in [5.41, 5.74) is 9.01. The molecule has 17 heavy (non-hydrogen) atoms. The van der Waals surface area contributed by atoms with Gasteiger partial charge in [0.2, 0.25) is 0 Å². The van der Waals surface area contributed by atoms with Gasteiger partial charge in [-0.3, -0.25) is 0 Å². The van der Waals surface area contributed by atoms with Gasteiger partial charge in [-0.1, -0.05) is 31.2 Å². The van der Waals surface area contributed by atoms with Gasteiger partial charge in [-0.05, 0) is 23.6 Å². The molecule has 0 saturated carbocycles. The molecule has 3 heteroatoms. The molecular formula is C14H17N3. The van der Waals surface area contributed by atoms with E-state index in [4.69, 9.17) is 5.73 Å². The third kappa shape index (κ3) is 3.21. The van der Waals surface area contributed by atoms with Gasteiger partial charge in [0.1, 0.15) is 5.82 Å². The Balaban J connectivity index is 1.97. The molecule has 3 N–H and O–H groups in total. The number of nitrogen functional groups attached to an aromatic ring is 1. The molecule has 0 saturated heterocycles. The van der Waals surface area contributed by atoms with E-state index in [1.807, 2.05) is 6.07 Å². The number of aryl methyl sites for hydroxylation is 1. The van der Waals surface area contributed by atoms with E-state index in [1.165, 1.54) is 11.1 Å². The van der Waals surface area contributed by atoms with Crippen LogP contribution in [0.15, 0.2) is 42.6 Å².